The molecule has 0 N–H and O–H groups in total. The molecule has 0 aromatic rings. The fourth-order valence-electron chi connectivity index (χ4n) is 1.08. The SMILES string of the molecule is C=C/C(C)=C(\C=C/C)C(C)C. The topological polar surface area (TPSA) is 0 Å². The first-order valence-electron chi connectivity index (χ1n) is 4.09. The summed E-state index contributed by atoms with van der Waals surface area (Å²) in [5, 5.41) is 0. The number of hydrogen-bond donors (Lipinski definition) is 0. The van der Waals surface area contributed by atoms with E-state index in [0.29, 0.717) is 5.92 Å². The lowest BCUT2D eigenvalue weighted by atomic mass is 9.98. The summed E-state index contributed by atoms with van der Waals surface area (Å²) in [7, 11) is 0. The van der Waals surface area contributed by atoms with Crippen LogP contribution in [-0.4, -0.2) is 0 Å². The molecular formula is C11H18. The normalized spacial score (nSPS) is 13.9. The van der Waals surface area contributed by atoms with Gasteiger partial charge in [-0.25, -0.2) is 0 Å². The third-order valence-corrected chi connectivity index (χ3v) is 1.73. The van der Waals surface area contributed by atoms with Crippen molar-refractivity contribution in [3.05, 3.63) is 36.0 Å². The van der Waals surface area contributed by atoms with Crippen LogP contribution in [0, 0.1) is 5.92 Å². The van der Waals surface area contributed by atoms with Crippen LogP contribution >= 0.6 is 0 Å². The molecule has 0 aliphatic heterocycles. The van der Waals surface area contributed by atoms with Gasteiger partial charge in [0.25, 0.3) is 0 Å². The van der Waals surface area contributed by atoms with E-state index in [2.05, 4.69) is 39.5 Å². The largest absolute Gasteiger partial charge is 0.0988 e. The van der Waals surface area contributed by atoms with Crippen molar-refractivity contribution >= 4 is 0 Å². The summed E-state index contributed by atoms with van der Waals surface area (Å²) in [6.45, 7) is 12.3. The average Bonchev–Trinajstić information content (AvgIpc) is 1.98. The first kappa shape index (κ1) is 10.2. The molecule has 0 heteroatoms. The monoisotopic (exact) mass is 150 g/mol. The molecule has 0 aromatic carbocycles. The molecule has 0 nitrogen and oxygen atoms in total. The first-order valence-corrected chi connectivity index (χ1v) is 4.09. The third kappa shape index (κ3) is 3.22. The van der Waals surface area contributed by atoms with Gasteiger partial charge in [-0.3, -0.25) is 0 Å². The Balaban J connectivity index is 4.71. The zero-order valence-electron chi connectivity index (χ0n) is 8.02. The summed E-state index contributed by atoms with van der Waals surface area (Å²) in [5.74, 6) is 0.587. The van der Waals surface area contributed by atoms with Gasteiger partial charge >= 0.3 is 0 Å². The van der Waals surface area contributed by atoms with Crippen molar-refractivity contribution < 1.29 is 0 Å². The second kappa shape index (κ2) is 4.95. The Kier molecular flexibility index (Phi) is 4.60. The van der Waals surface area contributed by atoms with Crippen LogP contribution in [0.5, 0.6) is 0 Å². The summed E-state index contributed by atoms with van der Waals surface area (Å²) in [4.78, 5) is 0. The van der Waals surface area contributed by atoms with Gasteiger partial charge in [-0.05, 0) is 30.9 Å². The second-order valence-electron chi connectivity index (χ2n) is 3.00. The minimum Gasteiger partial charge on any atom is -0.0988 e. The lowest BCUT2D eigenvalue weighted by Gasteiger charge is -2.08. The second-order valence-corrected chi connectivity index (χ2v) is 3.00. The van der Waals surface area contributed by atoms with Crippen molar-refractivity contribution in [2.24, 2.45) is 5.92 Å². The van der Waals surface area contributed by atoms with Crippen LogP contribution in [0.2, 0.25) is 0 Å². The Morgan fingerprint density at radius 2 is 1.91 bits per heavy atom. The highest BCUT2D eigenvalue weighted by Gasteiger charge is 2.00. The number of rotatable bonds is 3. The summed E-state index contributed by atoms with van der Waals surface area (Å²) in [5.41, 5.74) is 2.65. The minimum atomic E-state index is 0.587. The molecule has 62 valence electrons. The summed E-state index contributed by atoms with van der Waals surface area (Å²) in [6.07, 6.45) is 6.14. The van der Waals surface area contributed by atoms with Gasteiger partial charge in [0.15, 0.2) is 0 Å². The van der Waals surface area contributed by atoms with Crippen LogP contribution in [0.3, 0.4) is 0 Å². The van der Waals surface area contributed by atoms with E-state index in [1.54, 1.807) is 0 Å². The highest BCUT2D eigenvalue weighted by molar-refractivity contribution is 5.31. The fraction of sp³-hybridized carbons (Fsp3) is 0.455. The predicted octanol–water partition coefficient (Wildman–Crippen LogP) is 3.72. The van der Waals surface area contributed by atoms with Crippen LogP contribution < -0.4 is 0 Å². The molecule has 11 heavy (non-hydrogen) atoms. The Morgan fingerprint density at radius 1 is 1.36 bits per heavy atom. The van der Waals surface area contributed by atoms with Crippen molar-refractivity contribution in [3.63, 3.8) is 0 Å². The van der Waals surface area contributed by atoms with E-state index in [1.807, 2.05) is 13.0 Å². The molecule has 0 radical (unpaired) electrons. The summed E-state index contributed by atoms with van der Waals surface area (Å²) >= 11 is 0. The van der Waals surface area contributed by atoms with Crippen LogP contribution in [0.25, 0.3) is 0 Å². The summed E-state index contributed by atoms with van der Waals surface area (Å²) < 4.78 is 0. The van der Waals surface area contributed by atoms with Gasteiger partial charge in [0.05, 0.1) is 0 Å². The Bertz CT molecular complexity index is 180. The number of hydrogen-bond acceptors (Lipinski definition) is 0. The van der Waals surface area contributed by atoms with Crippen molar-refractivity contribution in [1.82, 2.24) is 0 Å². The molecule has 0 saturated carbocycles. The van der Waals surface area contributed by atoms with Crippen molar-refractivity contribution in [1.29, 1.82) is 0 Å². The van der Waals surface area contributed by atoms with E-state index in [4.69, 9.17) is 0 Å². The Labute approximate surface area is 70.3 Å². The molecule has 0 bridgehead atoms. The lowest BCUT2D eigenvalue weighted by molar-refractivity contribution is 0.783. The molecule has 0 fully saturated rings. The molecular weight excluding hydrogens is 132 g/mol. The highest BCUT2D eigenvalue weighted by Crippen LogP contribution is 2.16. The van der Waals surface area contributed by atoms with E-state index in [9.17, 15) is 0 Å². The van der Waals surface area contributed by atoms with Gasteiger partial charge in [0.2, 0.25) is 0 Å². The zero-order chi connectivity index (χ0) is 8.85. The maximum Gasteiger partial charge on any atom is -0.0216 e. The van der Waals surface area contributed by atoms with Crippen LogP contribution in [0.1, 0.15) is 27.7 Å². The Hall–Kier alpha value is -0.780. The first-order chi connectivity index (χ1) is 5.13. The van der Waals surface area contributed by atoms with Crippen molar-refractivity contribution in [2.45, 2.75) is 27.7 Å². The summed E-state index contributed by atoms with van der Waals surface area (Å²) in [6, 6.07) is 0. The van der Waals surface area contributed by atoms with Gasteiger partial charge < -0.3 is 0 Å². The third-order valence-electron chi connectivity index (χ3n) is 1.73. The van der Waals surface area contributed by atoms with Gasteiger partial charge in [0.1, 0.15) is 0 Å². The number of allylic oxidation sites excluding steroid dienone is 5. The molecule has 0 aromatic heterocycles. The molecule has 0 aliphatic rings. The van der Waals surface area contributed by atoms with Crippen LogP contribution in [0.15, 0.2) is 36.0 Å². The minimum absolute atomic E-state index is 0.587. The predicted molar refractivity (Wildman–Crippen MR) is 52.5 cm³/mol. The quantitative estimate of drug-likeness (QED) is 0.538. The standard InChI is InChI=1S/C11H18/c1-6-8-11(9(3)4)10(5)7-2/h6-9H,2H2,1,3-5H3/b8-6-,11-10+. The van der Waals surface area contributed by atoms with Crippen molar-refractivity contribution in [2.75, 3.05) is 0 Å². The zero-order valence-corrected chi connectivity index (χ0v) is 8.02. The molecule has 0 atom stereocenters. The maximum atomic E-state index is 3.75. The highest BCUT2D eigenvalue weighted by atomic mass is 14.1. The molecule has 0 rings (SSSR count). The molecule has 0 aliphatic carbocycles. The fourth-order valence-corrected chi connectivity index (χ4v) is 1.08. The van der Waals surface area contributed by atoms with Gasteiger partial charge in [-0.15, -0.1) is 0 Å². The van der Waals surface area contributed by atoms with Crippen molar-refractivity contribution in [3.8, 4) is 0 Å². The molecule has 0 unspecified atom stereocenters. The van der Waals surface area contributed by atoms with Crippen LogP contribution in [0.4, 0.5) is 0 Å². The maximum absolute atomic E-state index is 3.75. The Morgan fingerprint density at radius 3 is 2.18 bits per heavy atom. The van der Waals surface area contributed by atoms with E-state index in [-0.39, 0.29) is 0 Å². The van der Waals surface area contributed by atoms with E-state index in [0.717, 1.165) is 0 Å². The van der Waals surface area contributed by atoms with E-state index < -0.39 is 0 Å². The molecule has 0 amide bonds. The lowest BCUT2D eigenvalue weighted by Crippen LogP contribution is -1.92. The van der Waals surface area contributed by atoms with E-state index >= 15 is 0 Å². The van der Waals surface area contributed by atoms with Gasteiger partial charge in [-0.1, -0.05) is 38.7 Å². The average molecular weight is 150 g/mol. The molecule has 0 saturated heterocycles. The van der Waals surface area contributed by atoms with Crippen LogP contribution in [-0.2, 0) is 0 Å². The molecule has 0 heterocycles. The smallest absolute Gasteiger partial charge is 0.0216 e. The van der Waals surface area contributed by atoms with Gasteiger partial charge in [0, 0.05) is 0 Å². The van der Waals surface area contributed by atoms with Gasteiger partial charge in [-0.2, -0.15) is 0 Å². The molecule has 0 spiro atoms. The van der Waals surface area contributed by atoms with E-state index in [1.165, 1.54) is 11.1 Å².